The van der Waals surface area contributed by atoms with Gasteiger partial charge in [0.2, 0.25) is 0 Å². The van der Waals surface area contributed by atoms with Crippen LogP contribution in [0.5, 0.6) is 0 Å². The molecule has 0 spiro atoms. The zero-order valence-corrected chi connectivity index (χ0v) is 13.7. The molecule has 20 heavy (non-hydrogen) atoms. The Morgan fingerprint density at radius 2 is 2.30 bits per heavy atom. The van der Waals surface area contributed by atoms with Gasteiger partial charge >= 0.3 is 0 Å². The zero-order valence-electron chi connectivity index (χ0n) is 12.1. The monoisotopic (exact) mass is 339 g/mol. The third-order valence-electron chi connectivity index (χ3n) is 4.01. The molecule has 1 aromatic carbocycles. The molecule has 0 aliphatic heterocycles. The summed E-state index contributed by atoms with van der Waals surface area (Å²) in [6.07, 6.45) is 3.73. The molecule has 3 nitrogen and oxygen atoms in total. The highest BCUT2D eigenvalue weighted by molar-refractivity contribution is 9.10. The summed E-state index contributed by atoms with van der Waals surface area (Å²) in [5.74, 6) is 0.392. The van der Waals surface area contributed by atoms with Gasteiger partial charge in [0.25, 0.3) is 5.91 Å². The van der Waals surface area contributed by atoms with E-state index in [-0.39, 0.29) is 5.91 Å². The summed E-state index contributed by atoms with van der Waals surface area (Å²) in [5, 5.41) is 13.4. The van der Waals surface area contributed by atoms with Crippen LogP contribution in [0.3, 0.4) is 0 Å². The summed E-state index contributed by atoms with van der Waals surface area (Å²) in [7, 11) is 0. The molecule has 0 bridgehead atoms. The van der Waals surface area contributed by atoms with E-state index in [1.807, 2.05) is 25.1 Å². The van der Waals surface area contributed by atoms with Crippen LogP contribution in [0.15, 0.2) is 22.7 Å². The maximum Gasteiger partial charge on any atom is 0.252 e. The highest BCUT2D eigenvalue weighted by atomic mass is 79.9. The van der Waals surface area contributed by atoms with Crippen LogP contribution in [0, 0.1) is 12.8 Å². The molecule has 1 aliphatic rings. The number of rotatable bonds is 3. The molecule has 0 radical (unpaired) electrons. The summed E-state index contributed by atoms with van der Waals surface area (Å²) in [6.45, 7) is 4.44. The first kappa shape index (κ1) is 15.5. The molecule has 1 aromatic rings. The Hall–Kier alpha value is -0.870. The van der Waals surface area contributed by atoms with Crippen LogP contribution in [0.2, 0.25) is 0 Å². The fraction of sp³-hybridized carbons (Fsp3) is 0.562. The Balaban J connectivity index is 1.99. The molecular weight excluding hydrogens is 318 g/mol. The maximum atomic E-state index is 12.2. The number of amides is 1. The van der Waals surface area contributed by atoms with Crippen LogP contribution in [0.4, 0.5) is 0 Å². The van der Waals surface area contributed by atoms with Crippen LogP contribution < -0.4 is 5.32 Å². The number of hydrogen-bond donors (Lipinski definition) is 2. The third-order valence-corrected chi connectivity index (χ3v) is 4.70. The van der Waals surface area contributed by atoms with Crippen LogP contribution in [0.25, 0.3) is 0 Å². The van der Waals surface area contributed by atoms with Crippen molar-refractivity contribution in [2.75, 3.05) is 6.54 Å². The van der Waals surface area contributed by atoms with Gasteiger partial charge in [-0.15, -0.1) is 0 Å². The summed E-state index contributed by atoms with van der Waals surface area (Å²) in [4.78, 5) is 12.2. The number of carbonyl (C=O) groups is 1. The van der Waals surface area contributed by atoms with Gasteiger partial charge < -0.3 is 10.4 Å². The van der Waals surface area contributed by atoms with Crippen molar-refractivity contribution in [3.05, 3.63) is 33.8 Å². The van der Waals surface area contributed by atoms with Gasteiger partial charge in [-0.2, -0.15) is 0 Å². The van der Waals surface area contributed by atoms with Crippen LogP contribution >= 0.6 is 15.9 Å². The van der Waals surface area contributed by atoms with E-state index in [4.69, 9.17) is 0 Å². The molecule has 0 aromatic heterocycles. The standard InChI is InChI=1S/C16H22BrNO2/c1-11-5-6-14(17)13(8-11)15(19)18-10-16(20)7-3-4-12(2)9-16/h5-6,8,12,20H,3-4,7,9-10H2,1-2H3,(H,18,19). The molecule has 2 N–H and O–H groups in total. The van der Waals surface area contributed by atoms with Gasteiger partial charge in [0.05, 0.1) is 11.2 Å². The molecule has 0 heterocycles. The first-order valence-electron chi connectivity index (χ1n) is 7.16. The number of aryl methyl sites for hydroxylation is 1. The molecule has 2 atom stereocenters. The van der Waals surface area contributed by atoms with Crippen molar-refractivity contribution in [3.63, 3.8) is 0 Å². The van der Waals surface area contributed by atoms with Crippen molar-refractivity contribution >= 4 is 21.8 Å². The van der Waals surface area contributed by atoms with Gasteiger partial charge in [-0.1, -0.05) is 31.4 Å². The lowest BCUT2D eigenvalue weighted by Gasteiger charge is -2.35. The topological polar surface area (TPSA) is 49.3 Å². The van der Waals surface area contributed by atoms with Crippen molar-refractivity contribution in [1.29, 1.82) is 0 Å². The number of aliphatic hydroxyl groups is 1. The third kappa shape index (κ3) is 3.83. The molecule has 1 aliphatic carbocycles. The Kier molecular flexibility index (Phi) is 4.86. The molecule has 2 rings (SSSR count). The van der Waals surface area contributed by atoms with Gasteiger partial charge in [-0.05, 0) is 53.7 Å². The van der Waals surface area contributed by atoms with Crippen molar-refractivity contribution in [1.82, 2.24) is 5.32 Å². The fourth-order valence-corrected chi connectivity index (χ4v) is 3.37. The van der Waals surface area contributed by atoms with Crippen molar-refractivity contribution < 1.29 is 9.90 Å². The van der Waals surface area contributed by atoms with Gasteiger partial charge in [-0.3, -0.25) is 4.79 Å². The maximum absolute atomic E-state index is 12.2. The van der Waals surface area contributed by atoms with E-state index in [0.29, 0.717) is 18.0 Å². The van der Waals surface area contributed by atoms with E-state index in [0.717, 1.165) is 29.3 Å². The summed E-state index contributed by atoms with van der Waals surface area (Å²) < 4.78 is 0.782. The lowest BCUT2D eigenvalue weighted by atomic mass is 9.79. The van der Waals surface area contributed by atoms with E-state index < -0.39 is 5.60 Å². The number of carbonyl (C=O) groups excluding carboxylic acids is 1. The van der Waals surface area contributed by atoms with Crippen LogP contribution in [0.1, 0.15) is 48.5 Å². The van der Waals surface area contributed by atoms with Gasteiger partial charge in [0, 0.05) is 11.0 Å². The highest BCUT2D eigenvalue weighted by Crippen LogP contribution is 2.31. The molecule has 1 saturated carbocycles. The molecule has 1 fully saturated rings. The lowest BCUT2D eigenvalue weighted by molar-refractivity contribution is -0.0109. The number of benzene rings is 1. The average molecular weight is 340 g/mol. The van der Waals surface area contributed by atoms with E-state index in [1.54, 1.807) is 0 Å². The molecule has 0 saturated heterocycles. The number of hydrogen-bond acceptors (Lipinski definition) is 2. The summed E-state index contributed by atoms with van der Waals surface area (Å²) in [5.41, 5.74) is 0.921. The van der Waals surface area contributed by atoms with E-state index >= 15 is 0 Å². The Morgan fingerprint density at radius 3 is 3.00 bits per heavy atom. The predicted octanol–water partition coefficient (Wildman–Crippen LogP) is 3.43. The van der Waals surface area contributed by atoms with Gasteiger partial charge in [0.15, 0.2) is 0 Å². The van der Waals surface area contributed by atoms with Crippen molar-refractivity contribution in [2.24, 2.45) is 5.92 Å². The lowest BCUT2D eigenvalue weighted by Crippen LogP contribution is -2.45. The Labute approximate surface area is 128 Å². The number of halogens is 1. The van der Waals surface area contributed by atoms with Gasteiger partial charge in [0.1, 0.15) is 0 Å². The van der Waals surface area contributed by atoms with E-state index in [2.05, 4.69) is 28.2 Å². The van der Waals surface area contributed by atoms with Crippen LogP contribution in [-0.4, -0.2) is 23.2 Å². The SMILES string of the molecule is Cc1ccc(Br)c(C(=O)NCC2(O)CCCC(C)C2)c1. The molecule has 2 unspecified atom stereocenters. The average Bonchev–Trinajstić information content (AvgIpc) is 2.39. The minimum atomic E-state index is -0.746. The first-order valence-corrected chi connectivity index (χ1v) is 7.96. The predicted molar refractivity (Wildman–Crippen MR) is 83.8 cm³/mol. The smallest absolute Gasteiger partial charge is 0.252 e. The van der Waals surface area contributed by atoms with E-state index in [9.17, 15) is 9.90 Å². The second kappa shape index (κ2) is 6.27. The quantitative estimate of drug-likeness (QED) is 0.886. The normalized spacial score (nSPS) is 26.3. The first-order chi connectivity index (χ1) is 9.39. The summed E-state index contributed by atoms with van der Waals surface area (Å²) >= 11 is 3.40. The fourth-order valence-electron chi connectivity index (χ4n) is 2.95. The zero-order chi connectivity index (χ0) is 14.8. The van der Waals surface area contributed by atoms with Crippen molar-refractivity contribution in [3.8, 4) is 0 Å². The molecular formula is C16H22BrNO2. The van der Waals surface area contributed by atoms with Crippen molar-refractivity contribution in [2.45, 2.75) is 45.1 Å². The molecule has 4 heteroatoms. The van der Waals surface area contributed by atoms with E-state index in [1.165, 1.54) is 6.42 Å². The largest absolute Gasteiger partial charge is 0.388 e. The molecule has 110 valence electrons. The Bertz CT molecular complexity index is 503. The second-order valence-corrected chi connectivity index (χ2v) is 6.95. The minimum Gasteiger partial charge on any atom is -0.388 e. The second-order valence-electron chi connectivity index (χ2n) is 6.09. The minimum absolute atomic E-state index is 0.132. The molecule has 1 amide bonds. The van der Waals surface area contributed by atoms with Gasteiger partial charge in [-0.25, -0.2) is 0 Å². The van der Waals surface area contributed by atoms with Crippen LogP contribution in [-0.2, 0) is 0 Å². The number of nitrogens with one attached hydrogen (secondary N) is 1. The Morgan fingerprint density at radius 1 is 1.55 bits per heavy atom. The highest BCUT2D eigenvalue weighted by Gasteiger charge is 2.33. The summed E-state index contributed by atoms with van der Waals surface area (Å²) in [6, 6.07) is 5.69.